The highest BCUT2D eigenvalue weighted by Gasteiger charge is 2.10. The Labute approximate surface area is 100 Å². The summed E-state index contributed by atoms with van der Waals surface area (Å²) in [5.41, 5.74) is 2.42. The normalized spacial score (nSPS) is 12.6. The molecule has 1 N–H and O–H groups in total. The Morgan fingerprint density at radius 3 is 2.56 bits per heavy atom. The van der Waals surface area contributed by atoms with Gasteiger partial charge in [0.2, 0.25) is 0 Å². The lowest BCUT2D eigenvalue weighted by atomic mass is 10.0. The molecule has 1 aromatic heterocycles. The molecule has 1 atom stereocenters. The van der Waals surface area contributed by atoms with Crippen LogP contribution in [0.2, 0.25) is 5.02 Å². The molecule has 1 unspecified atom stereocenters. The molecular weight excluding hydrogens is 222 g/mol. The first-order valence-corrected chi connectivity index (χ1v) is 5.61. The Hall–Kier alpha value is -1.25. The number of hydrogen-bond donors (Lipinski definition) is 1. The molecule has 2 rings (SSSR count). The number of furan rings is 1. The molecule has 0 saturated heterocycles. The maximum Gasteiger partial charge on any atom is 0.0950 e. The summed E-state index contributed by atoms with van der Waals surface area (Å²) in [6.07, 6.45) is 4.39. The van der Waals surface area contributed by atoms with Crippen molar-refractivity contribution in [3.05, 3.63) is 59.0 Å². The Balaban J connectivity index is 2.10. The van der Waals surface area contributed by atoms with Gasteiger partial charge in [-0.15, -0.1) is 0 Å². The van der Waals surface area contributed by atoms with Crippen molar-refractivity contribution >= 4 is 11.6 Å². The topological polar surface area (TPSA) is 25.2 Å². The monoisotopic (exact) mass is 235 g/mol. The molecule has 0 aliphatic heterocycles. The molecule has 0 aliphatic rings. The number of benzene rings is 1. The molecular formula is C13H14ClNO. The molecule has 1 aromatic carbocycles. The van der Waals surface area contributed by atoms with Crippen molar-refractivity contribution < 1.29 is 4.42 Å². The van der Waals surface area contributed by atoms with E-state index in [1.165, 1.54) is 5.56 Å². The average Bonchev–Trinajstić information content (AvgIpc) is 2.82. The van der Waals surface area contributed by atoms with Crippen LogP contribution in [0.3, 0.4) is 0 Å². The van der Waals surface area contributed by atoms with Crippen LogP contribution in [0.25, 0.3) is 0 Å². The summed E-state index contributed by atoms with van der Waals surface area (Å²) < 4.78 is 5.09. The van der Waals surface area contributed by atoms with Crippen molar-refractivity contribution in [3.63, 3.8) is 0 Å². The van der Waals surface area contributed by atoms with Crippen LogP contribution in [-0.2, 0) is 6.42 Å². The zero-order valence-corrected chi connectivity index (χ0v) is 9.87. The highest BCUT2D eigenvalue weighted by Crippen LogP contribution is 2.19. The van der Waals surface area contributed by atoms with Gasteiger partial charge < -0.3 is 9.73 Å². The van der Waals surface area contributed by atoms with Crippen molar-refractivity contribution in [2.45, 2.75) is 12.5 Å². The van der Waals surface area contributed by atoms with Gasteiger partial charge in [0, 0.05) is 16.6 Å². The standard InChI is InChI=1S/C13H14ClNO/c1-15-13(11-6-7-16-9-11)8-10-2-4-12(14)5-3-10/h2-7,9,13,15H,8H2,1H3. The minimum atomic E-state index is 0.278. The van der Waals surface area contributed by atoms with Gasteiger partial charge in [0.25, 0.3) is 0 Å². The van der Waals surface area contributed by atoms with Crippen molar-refractivity contribution in [2.75, 3.05) is 7.05 Å². The first kappa shape index (κ1) is 11.2. The fourth-order valence-corrected chi connectivity index (χ4v) is 1.84. The summed E-state index contributed by atoms with van der Waals surface area (Å²) in [4.78, 5) is 0. The maximum atomic E-state index is 5.85. The largest absolute Gasteiger partial charge is 0.472 e. The lowest BCUT2D eigenvalue weighted by Gasteiger charge is -2.14. The first-order chi connectivity index (χ1) is 7.79. The van der Waals surface area contributed by atoms with Crippen molar-refractivity contribution in [2.24, 2.45) is 0 Å². The molecule has 0 amide bonds. The van der Waals surface area contributed by atoms with E-state index in [0.29, 0.717) is 0 Å². The van der Waals surface area contributed by atoms with Crippen LogP contribution in [0.1, 0.15) is 17.2 Å². The molecule has 2 aromatic rings. The van der Waals surface area contributed by atoms with Gasteiger partial charge in [-0.3, -0.25) is 0 Å². The van der Waals surface area contributed by atoms with Gasteiger partial charge in [0.15, 0.2) is 0 Å². The molecule has 0 saturated carbocycles. The number of likely N-dealkylation sites (N-methyl/N-ethyl adjacent to an activating group) is 1. The summed E-state index contributed by atoms with van der Waals surface area (Å²) in [7, 11) is 1.95. The minimum Gasteiger partial charge on any atom is -0.472 e. The van der Waals surface area contributed by atoms with E-state index in [1.807, 2.05) is 37.4 Å². The molecule has 1 heterocycles. The van der Waals surface area contributed by atoms with Crippen LogP contribution in [0.5, 0.6) is 0 Å². The Morgan fingerprint density at radius 2 is 2.00 bits per heavy atom. The summed E-state index contributed by atoms with van der Waals surface area (Å²) in [6, 6.07) is 10.2. The van der Waals surface area contributed by atoms with Crippen molar-refractivity contribution in [3.8, 4) is 0 Å². The van der Waals surface area contributed by atoms with E-state index in [4.69, 9.17) is 16.0 Å². The zero-order valence-electron chi connectivity index (χ0n) is 9.11. The van der Waals surface area contributed by atoms with Gasteiger partial charge in [-0.05, 0) is 37.2 Å². The second-order valence-electron chi connectivity index (χ2n) is 3.73. The Kier molecular flexibility index (Phi) is 3.65. The molecule has 2 nitrogen and oxygen atoms in total. The molecule has 3 heteroatoms. The van der Waals surface area contributed by atoms with Gasteiger partial charge >= 0.3 is 0 Å². The Morgan fingerprint density at radius 1 is 1.25 bits per heavy atom. The SMILES string of the molecule is CNC(Cc1ccc(Cl)cc1)c1ccoc1. The van der Waals surface area contributed by atoms with Gasteiger partial charge in [-0.2, -0.15) is 0 Å². The van der Waals surface area contributed by atoms with Crippen LogP contribution in [0.15, 0.2) is 47.3 Å². The third kappa shape index (κ3) is 2.65. The second-order valence-corrected chi connectivity index (χ2v) is 4.16. The molecule has 84 valence electrons. The highest BCUT2D eigenvalue weighted by atomic mass is 35.5. The van der Waals surface area contributed by atoms with E-state index >= 15 is 0 Å². The van der Waals surface area contributed by atoms with Crippen molar-refractivity contribution in [1.82, 2.24) is 5.32 Å². The fraction of sp³-hybridized carbons (Fsp3) is 0.231. The van der Waals surface area contributed by atoms with E-state index in [2.05, 4.69) is 5.32 Å². The number of hydrogen-bond acceptors (Lipinski definition) is 2. The quantitative estimate of drug-likeness (QED) is 0.878. The van der Waals surface area contributed by atoms with Gasteiger partial charge in [-0.25, -0.2) is 0 Å². The summed E-state index contributed by atoms with van der Waals surface area (Å²) >= 11 is 5.85. The third-order valence-electron chi connectivity index (χ3n) is 2.65. The van der Waals surface area contributed by atoms with Gasteiger partial charge in [0.1, 0.15) is 0 Å². The van der Waals surface area contributed by atoms with Crippen LogP contribution in [-0.4, -0.2) is 7.05 Å². The summed E-state index contributed by atoms with van der Waals surface area (Å²) in [6.45, 7) is 0. The van der Waals surface area contributed by atoms with Crippen LogP contribution >= 0.6 is 11.6 Å². The molecule has 0 fully saturated rings. The zero-order chi connectivity index (χ0) is 11.4. The lowest BCUT2D eigenvalue weighted by molar-refractivity contribution is 0.542. The van der Waals surface area contributed by atoms with Crippen LogP contribution < -0.4 is 5.32 Å². The molecule has 16 heavy (non-hydrogen) atoms. The predicted molar refractivity (Wildman–Crippen MR) is 65.7 cm³/mol. The smallest absolute Gasteiger partial charge is 0.0950 e. The van der Waals surface area contributed by atoms with Crippen LogP contribution in [0, 0.1) is 0 Å². The number of nitrogens with one attached hydrogen (secondary N) is 1. The second kappa shape index (κ2) is 5.19. The van der Waals surface area contributed by atoms with E-state index < -0.39 is 0 Å². The van der Waals surface area contributed by atoms with Crippen LogP contribution in [0.4, 0.5) is 0 Å². The molecule has 0 bridgehead atoms. The Bertz CT molecular complexity index is 422. The number of rotatable bonds is 4. The predicted octanol–water partition coefficient (Wildman–Crippen LogP) is 3.44. The third-order valence-corrected chi connectivity index (χ3v) is 2.90. The van der Waals surface area contributed by atoms with Gasteiger partial charge in [0.05, 0.1) is 12.5 Å². The molecule has 0 aliphatic carbocycles. The van der Waals surface area contributed by atoms with Gasteiger partial charge in [-0.1, -0.05) is 23.7 Å². The molecule has 0 radical (unpaired) electrons. The first-order valence-electron chi connectivity index (χ1n) is 5.23. The maximum absolute atomic E-state index is 5.85. The van der Waals surface area contributed by atoms with E-state index in [0.717, 1.165) is 17.0 Å². The lowest BCUT2D eigenvalue weighted by Crippen LogP contribution is -2.18. The fourth-order valence-electron chi connectivity index (χ4n) is 1.72. The van der Waals surface area contributed by atoms with Crippen molar-refractivity contribution in [1.29, 1.82) is 0 Å². The van der Waals surface area contributed by atoms with E-state index in [-0.39, 0.29) is 6.04 Å². The summed E-state index contributed by atoms with van der Waals surface area (Å²) in [5.74, 6) is 0. The molecule has 0 spiro atoms. The van der Waals surface area contributed by atoms with E-state index in [1.54, 1.807) is 12.5 Å². The summed E-state index contributed by atoms with van der Waals surface area (Å²) in [5, 5.41) is 4.05. The average molecular weight is 236 g/mol. The minimum absolute atomic E-state index is 0.278. The highest BCUT2D eigenvalue weighted by molar-refractivity contribution is 6.30. The number of halogens is 1. The van der Waals surface area contributed by atoms with E-state index in [9.17, 15) is 0 Å².